The predicted octanol–water partition coefficient (Wildman–Crippen LogP) is 3.89. The van der Waals surface area contributed by atoms with Crippen LogP contribution in [0.4, 0.5) is 5.69 Å². The Morgan fingerprint density at radius 1 is 1.00 bits per heavy atom. The lowest BCUT2D eigenvalue weighted by Gasteiger charge is -2.23. The SMILES string of the molecule is COc1ccc(C(NC(=O)c2ccc(N(C)C)cc2)C(C)C)cc1. The van der Waals surface area contributed by atoms with Crippen LogP contribution >= 0.6 is 0 Å². The van der Waals surface area contributed by atoms with Crippen molar-refractivity contribution >= 4 is 11.6 Å². The van der Waals surface area contributed by atoms with Crippen LogP contribution in [0.2, 0.25) is 0 Å². The van der Waals surface area contributed by atoms with Gasteiger partial charge in [0.2, 0.25) is 0 Å². The van der Waals surface area contributed by atoms with Crippen molar-refractivity contribution in [2.45, 2.75) is 19.9 Å². The van der Waals surface area contributed by atoms with Gasteiger partial charge in [-0.1, -0.05) is 26.0 Å². The molecule has 1 unspecified atom stereocenters. The molecule has 0 bridgehead atoms. The predicted molar refractivity (Wildman–Crippen MR) is 98.8 cm³/mol. The number of methoxy groups -OCH3 is 1. The highest BCUT2D eigenvalue weighted by Gasteiger charge is 2.19. The van der Waals surface area contributed by atoms with Crippen molar-refractivity contribution in [2.24, 2.45) is 5.92 Å². The second-order valence-electron chi connectivity index (χ2n) is 6.41. The average molecular weight is 326 g/mol. The number of nitrogens with one attached hydrogen (secondary N) is 1. The summed E-state index contributed by atoms with van der Waals surface area (Å²) >= 11 is 0. The van der Waals surface area contributed by atoms with E-state index in [-0.39, 0.29) is 17.9 Å². The van der Waals surface area contributed by atoms with Gasteiger partial charge in [-0.05, 0) is 47.9 Å². The lowest BCUT2D eigenvalue weighted by atomic mass is 9.95. The molecule has 2 aromatic rings. The van der Waals surface area contributed by atoms with E-state index in [0.29, 0.717) is 5.56 Å². The number of carbonyl (C=O) groups is 1. The van der Waals surface area contributed by atoms with Gasteiger partial charge < -0.3 is 15.0 Å². The number of carbonyl (C=O) groups excluding carboxylic acids is 1. The van der Waals surface area contributed by atoms with Gasteiger partial charge >= 0.3 is 0 Å². The fourth-order valence-electron chi connectivity index (χ4n) is 2.58. The Bertz CT molecular complexity index is 661. The zero-order valence-electron chi connectivity index (χ0n) is 15.0. The molecule has 24 heavy (non-hydrogen) atoms. The molecule has 1 N–H and O–H groups in total. The quantitative estimate of drug-likeness (QED) is 0.875. The topological polar surface area (TPSA) is 41.6 Å². The minimum Gasteiger partial charge on any atom is -0.497 e. The average Bonchev–Trinajstić information content (AvgIpc) is 2.59. The summed E-state index contributed by atoms with van der Waals surface area (Å²) in [7, 11) is 5.61. The van der Waals surface area contributed by atoms with Crippen molar-refractivity contribution in [3.63, 3.8) is 0 Å². The van der Waals surface area contributed by atoms with Gasteiger partial charge in [0.15, 0.2) is 0 Å². The van der Waals surface area contributed by atoms with E-state index < -0.39 is 0 Å². The Kier molecular flexibility index (Phi) is 5.85. The lowest BCUT2D eigenvalue weighted by molar-refractivity contribution is 0.0925. The molecule has 2 rings (SSSR count). The molecular weight excluding hydrogens is 300 g/mol. The third-order valence-corrected chi connectivity index (χ3v) is 4.07. The van der Waals surface area contributed by atoms with Gasteiger partial charge in [-0.15, -0.1) is 0 Å². The molecule has 0 heterocycles. The number of ether oxygens (including phenoxy) is 1. The number of amides is 1. The van der Waals surface area contributed by atoms with Crippen LogP contribution in [0.1, 0.15) is 35.8 Å². The molecule has 0 radical (unpaired) electrons. The van der Waals surface area contributed by atoms with Crippen molar-refractivity contribution in [2.75, 3.05) is 26.1 Å². The van der Waals surface area contributed by atoms with Gasteiger partial charge in [0.05, 0.1) is 13.2 Å². The fourth-order valence-corrected chi connectivity index (χ4v) is 2.58. The molecule has 0 aliphatic heterocycles. The molecular formula is C20H26N2O2. The highest BCUT2D eigenvalue weighted by molar-refractivity contribution is 5.94. The molecule has 2 aromatic carbocycles. The Balaban J connectivity index is 2.15. The fraction of sp³-hybridized carbons (Fsp3) is 0.350. The molecule has 128 valence electrons. The minimum absolute atomic E-state index is 0.0445. The molecule has 0 fully saturated rings. The number of hydrogen-bond donors (Lipinski definition) is 1. The maximum atomic E-state index is 12.6. The first-order valence-corrected chi connectivity index (χ1v) is 8.14. The first-order valence-electron chi connectivity index (χ1n) is 8.14. The van der Waals surface area contributed by atoms with E-state index in [9.17, 15) is 4.79 Å². The summed E-state index contributed by atoms with van der Waals surface area (Å²) in [5.41, 5.74) is 2.81. The highest BCUT2D eigenvalue weighted by Crippen LogP contribution is 2.24. The van der Waals surface area contributed by atoms with Crippen molar-refractivity contribution in [3.05, 3.63) is 59.7 Å². The molecule has 4 heteroatoms. The summed E-state index contributed by atoms with van der Waals surface area (Å²) in [5, 5.41) is 3.14. The summed E-state index contributed by atoms with van der Waals surface area (Å²) in [5.74, 6) is 1.03. The Labute approximate surface area is 144 Å². The van der Waals surface area contributed by atoms with Crippen LogP contribution < -0.4 is 15.0 Å². The maximum absolute atomic E-state index is 12.6. The van der Waals surface area contributed by atoms with E-state index in [4.69, 9.17) is 4.74 Å². The molecule has 0 saturated carbocycles. The Morgan fingerprint density at radius 2 is 1.58 bits per heavy atom. The minimum atomic E-state index is -0.0603. The largest absolute Gasteiger partial charge is 0.497 e. The first kappa shape index (κ1) is 17.9. The molecule has 4 nitrogen and oxygen atoms in total. The van der Waals surface area contributed by atoms with Crippen LogP contribution in [0, 0.1) is 5.92 Å². The smallest absolute Gasteiger partial charge is 0.251 e. The van der Waals surface area contributed by atoms with E-state index in [1.807, 2.05) is 67.5 Å². The summed E-state index contributed by atoms with van der Waals surface area (Å²) in [6, 6.07) is 15.4. The summed E-state index contributed by atoms with van der Waals surface area (Å²) in [6.45, 7) is 4.20. The lowest BCUT2D eigenvalue weighted by Crippen LogP contribution is -2.31. The van der Waals surface area contributed by atoms with Gasteiger partial charge in [-0.2, -0.15) is 0 Å². The number of nitrogens with zero attached hydrogens (tertiary/aromatic N) is 1. The monoisotopic (exact) mass is 326 g/mol. The third-order valence-electron chi connectivity index (χ3n) is 4.07. The zero-order chi connectivity index (χ0) is 17.7. The molecule has 0 spiro atoms. The number of benzene rings is 2. The maximum Gasteiger partial charge on any atom is 0.251 e. The third kappa shape index (κ3) is 4.28. The first-order chi connectivity index (χ1) is 11.4. The van der Waals surface area contributed by atoms with Crippen molar-refractivity contribution in [1.82, 2.24) is 5.32 Å². The van der Waals surface area contributed by atoms with E-state index in [0.717, 1.165) is 17.0 Å². The van der Waals surface area contributed by atoms with Gasteiger partial charge in [-0.3, -0.25) is 4.79 Å². The van der Waals surface area contributed by atoms with Crippen molar-refractivity contribution in [3.8, 4) is 5.75 Å². The standard InChI is InChI=1S/C20H26N2O2/c1-14(2)19(15-8-12-18(24-5)13-9-15)21-20(23)16-6-10-17(11-7-16)22(3)4/h6-14,19H,1-5H3,(H,21,23). The van der Waals surface area contributed by atoms with Gasteiger partial charge in [-0.25, -0.2) is 0 Å². The Morgan fingerprint density at radius 3 is 2.04 bits per heavy atom. The Hall–Kier alpha value is -2.49. The van der Waals surface area contributed by atoms with Crippen LogP contribution in [0.15, 0.2) is 48.5 Å². The molecule has 0 aliphatic rings. The summed E-state index contributed by atoms with van der Waals surface area (Å²) in [6.07, 6.45) is 0. The van der Waals surface area contributed by atoms with E-state index in [1.165, 1.54) is 0 Å². The van der Waals surface area contributed by atoms with Crippen LogP contribution in [0.3, 0.4) is 0 Å². The second kappa shape index (κ2) is 7.86. The van der Waals surface area contributed by atoms with E-state index in [1.54, 1.807) is 7.11 Å². The van der Waals surface area contributed by atoms with Crippen LogP contribution in [0.25, 0.3) is 0 Å². The summed E-state index contributed by atoms with van der Waals surface area (Å²) in [4.78, 5) is 14.6. The molecule has 1 amide bonds. The molecule has 0 saturated heterocycles. The van der Waals surface area contributed by atoms with Gasteiger partial charge in [0.1, 0.15) is 5.75 Å². The van der Waals surface area contributed by atoms with Crippen LogP contribution in [-0.2, 0) is 0 Å². The number of rotatable bonds is 6. The van der Waals surface area contributed by atoms with Gasteiger partial charge in [0.25, 0.3) is 5.91 Å². The van der Waals surface area contributed by atoms with Crippen molar-refractivity contribution < 1.29 is 9.53 Å². The number of anilines is 1. The van der Waals surface area contributed by atoms with Crippen LogP contribution in [-0.4, -0.2) is 27.1 Å². The normalized spacial score (nSPS) is 11.9. The second-order valence-corrected chi connectivity index (χ2v) is 6.41. The molecule has 0 aromatic heterocycles. The highest BCUT2D eigenvalue weighted by atomic mass is 16.5. The summed E-state index contributed by atoms with van der Waals surface area (Å²) < 4.78 is 5.20. The zero-order valence-corrected chi connectivity index (χ0v) is 15.0. The van der Waals surface area contributed by atoms with Gasteiger partial charge in [0, 0.05) is 25.3 Å². The van der Waals surface area contributed by atoms with E-state index >= 15 is 0 Å². The van der Waals surface area contributed by atoms with E-state index in [2.05, 4.69) is 19.2 Å². The van der Waals surface area contributed by atoms with Crippen molar-refractivity contribution in [1.29, 1.82) is 0 Å². The molecule has 1 atom stereocenters. The number of hydrogen-bond acceptors (Lipinski definition) is 3. The molecule has 0 aliphatic carbocycles. The van der Waals surface area contributed by atoms with Crippen LogP contribution in [0.5, 0.6) is 5.75 Å².